The fraction of sp³-hybridized carbons (Fsp3) is 0.143. The number of ketones is 1. The standard InChI is InChI=1S/C21H20N2O4S/c1-25-17-10-15(11-18(26-2)21(17)27-3)20(24)16-12-23(13-22-16)28-9-8-14-6-4-5-7-19(14)28/h4-13,28H,1-3H3. The first-order valence-corrected chi connectivity index (χ1v) is 9.98. The molecule has 1 aliphatic heterocycles. The molecule has 7 heteroatoms. The number of imidazole rings is 1. The molecule has 2 aromatic carbocycles. The van der Waals surface area contributed by atoms with E-state index < -0.39 is 11.1 Å². The lowest BCUT2D eigenvalue weighted by atomic mass is 10.1. The quantitative estimate of drug-likeness (QED) is 0.505. The molecule has 1 aliphatic rings. The van der Waals surface area contributed by atoms with Crippen LogP contribution in [0.4, 0.5) is 0 Å². The second kappa shape index (κ2) is 7.44. The molecule has 28 heavy (non-hydrogen) atoms. The Morgan fingerprint density at radius 1 is 1.04 bits per heavy atom. The molecule has 4 rings (SSSR count). The predicted molar refractivity (Wildman–Crippen MR) is 110 cm³/mol. The summed E-state index contributed by atoms with van der Waals surface area (Å²) in [7, 11) is 4.57. The van der Waals surface area contributed by atoms with Crippen molar-refractivity contribution in [3.8, 4) is 17.2 Å². The van der Waals surface area contributed by atoms with Gasteiger partial charge >= 0.3 is 0 Å². The van der Waals surface area contributed by atoms with Gasteiger partial charge in [0, 0.05) is 16.7 Å². The van der Waals surface area contributed by atoms with Crippen LogP contribution < -0.4 is 14.2 Å². The number of methoxy groups -OCH3 is 3. The number of ether oxygens (including phenoxy) is 3. The first-order chi connectivity index (χ1) is 13.7. The van der Waals surface area contributed by atoms with E-state index in [4.69, 9.17) is 14.2 Å². The number of nitrogens with zero attached hydrogens (tertiary/aromatic N) is 2. The molecule has 0 amide bonds. The normalized spacial score (nSPS) is 15.9. The summed E-state index contributed by atoms with van der Waals surface area (Å²) >= 11 is -0.703. The topological polar surface area (TPSA) is 62.6 Å². The zero-order valence-electron chi connectivity index (χ0n) is 15.7. The van der Waals surface area contributed by atoms with Gasteiger partial charge in [0.2, 0.25) is 11.5 Å². The number of thiol groups is 1. The van der Waals surface area contributed by atoms with E-state index in [0.717, 1.165) is 0 Å². The third-order valence-corrected chi connectivity index (χ3v) is 6.61. The third kappa shape index (κ3) is 3.03. The highest BCUT2D eigenvalue weighted by atomic mass is 32.2. The molecule has 0 radical (unpaired) electrons. The van der Waals surface area contributed by atoms with Crippen molar-refractivity contribution in [2.75, 3.05) is 21.3 Å². The Hall–Kier alpha value is -3.19. The maximum atomic E-state index is 13.0. The first kappa shape index (κ1) is 18.2. The molecule has 0 saturated carbocycles. The maximum Gasteiger partial charge on any atom is 0.213 e. The monoisotopic (exact) mass is 396 g/mol. The molecule has 0 fully saturated rings. The van der Waals surface area contributed by atoms with Crippen LogP contribution in [0.25, 0.3) is 6.08 Å². The minimum Gasteiger partial charge on any atom is -0.493 e. The molecule has 0 spiro atoms. The number of hydrogen-bond donors (Lipinski definition) is 1. The van der Waals surface area contributed by atoms with Gasteiger partial charge in [0.1, 0.15) is 12.0 Å². The van der Waals surface area contributed by atoms with Crippen molar-refractivity contribution in [1.29, 1.82) is 0 Å². The summed E-state index contributed by atoms with van der Waals surface area (Å²) in [6.07, 6.45) is 5.62. The zero-order valence-corrected chi connectivity index (χ0v) is 16.6. The lowest BCUT2D eigenvalue weighted by molar-refractivity contribution is 0.103. The highest BCUT2D eigenvalue weighted by molar-refractivity contribution is 8.18. The molecule has 2 heterocycles. The van der Waals surface area contributed by atoms with Crippen molar-refractivity contribution in [1.82, 2.24) is 8.96 Å². The van der Waals surface area contributed by atoms with Crippen LogP contribution >= 0.6 is 11.1 Å². The fourth-order valence-electron chi connectivity index (χ4n) is 3.18. The summed E-state index contributed by atoms with van der Waals surface area (Å²) < 4.78 is 18.0. The number of carbonyl (C=O) groups is 1. The molecule has 0 saturated heterocycles. The second-order valence-electron chi connectivity index (χ2n) is 6.10. The van der Waals surface area contributed by atoms with Crippen molar-refractivity contribution in [3.05, 3.63) is 71.2 Å². The molecule has 1 unspecified atom stereocenters. The van der Waals surface area contributed by atoms with E-state index in [1.165, 1.54) is 31.8 Å². The third-order valence-electron chi connectivity index (χ3n) is 4.56. The maximum absolute atomic E-state index is 13.0. The zero-order chi connectivity index (χ0) is 19.7. The summed E-state index contributed by atoms with van der Waals surface area (Å²) in [4.78, 5) is 18.6. The fourth-order valence-corrected chi connectivity index (χ4v) is 5.09. The van der Waals surface area contributed by atoms with Crippen LogP contribution in [-0.2, 0) is 0 Å². The Balaban J connectivity index is 1.67. The summed E-state index contributed by atoms with van der Waals surface area (Å²) in [5.41, 5.74) is 2.00. The predicted octanol–water partition coefficient (Wildman–Crippen LogP) is 3.95. The van der Waals surface area contributed by atoms with E-state index in [-0.39, 0.29) is 5.78 Å². The van der Waals surface area contributed by atoms with Crippen LogP contribution in [0.1, 0.15) is 21.6 Å². The number of aromatic nitrogens is 2. The molecular weight excluding hydrogens is 376 g/mol. The number of hydrogen-bond acceptors (Lipinski definition) is 5. The molecule has 0 N–H and O–H groups in total. The lowest BCUT2D eigenvalue weighted by Gasteiger charge is -2.16. The van der Waals surface area contributed by atoms with Crippen LogP contribution in [0.2, 0.25) is 0 Å². The van der Waals surface area contributed by atoms with Gasteiger partial charge in [-0.05, 0) is 35.2 Å². The Labute approximate surface area is 165 Å². The molecule has 144 valence electrons. The summed E-state index contributed by atoms with van der Waals surface area (Å²) in [6, 6.07) is 11.5. The Bertz CT molecular complexity index is 1050. The number of benzene rings is 2. The van der Waals surface area contributed by atoms with Gasteiger partial charge in [-0.3, -0.25) is 8.77 Å². The number of fused-ring (bicyclic) bond motifs is 1. The van der Waals surface area contributed by atoms with Crippen LogP contribution in [0.5, 0.6) is 17.2 Å². The van der Waals surface area contributed by atoms with Crippen LogP contribution in [0.3, 0.4) is 0 Å². The largest absolute Gasteiger partial charge is 0.493 e. The highest BCUT2D eigenvalue weighted by Gasteiger charge is 2.21. The Morgan fingerprint density at radius 2 is 1.75 bits per heavy atom. The van der Waals surface area contributed by atoms with Gasteiger partial charge in [-0.1, -0.05) is 18.2 Å². The Morgan fingerprint density at radius 3 is 2.43 bits per heavy atom. The van der Waals surface area contributed by atoms with Crippen LogP contribution in [-0.4, -0.2) is 36.1 Å². The molecule has 6 nitrogen and oxygen atoms in total. The smallest absolute Gasteiger partial charge is 0.213 e. The Kier molecular flexibility index (Phi) is 4.83. The highest BCUT2D eigenvalue weighted by Crippen LogP contribution is 2.47. The van der Waals surface area contributed by atoms with Gasteiger partial charge < -0.3 is 14.2 Å². The first-order valence-electron chi connectivity index (χ1n) is 8.61. The summed E-state index contributed by atoms with van der Waals surface area (Å²) in [5.74, 6) is 1.11. The molecule has 3 aromatic rings. The number of rotatable bonds is 6. The second-order valence-corrected chi connectivity index (χ2v) is 8.03. The summed E-state index contributed by atoms with van der Waals surface area (Å²) in [6.45, 7) is 0. The summed E-state index contributed by atoms with van der Waals surface area (Å²) in [5, 5.41) is 2.16. The van der Waals surface area contributed by atoms with E-state index in [1.807, 2.05) is 16.1 Å². The van der Waals surface area contributed by atoms with Gasteiger partial charge in [0.15, 0.2) is 11.5 Å². The minimum absolute atomic E-state index is 0.204. The van der Waals surface area contributed by atoms with Gasteiger partial charge in [-0.2, -0.15) is 0 Å². The van der Waals surface area contributed by atoms with E-state index in [0.29, 0.717) is 28.5 Å². The van der Waals surface area contributed by atoms with Crippen molar-refractivity contribution >= 4 is 22.9 Å². The molecule has 0 bridgehead atoms. The average molecular weight is 396 g/mol. The molecular formula is C21H20N2O4S. The van der Waals surface area contributed by atoms with E-state index in [9.17, 15) is 4.79 Å². The SMILES string of the molecule is COc1cc(C(=O)c2cn([SH]3C=Cc4ccccc43)cn2)cc(OC)c1OC. The van der Waals surface area contributed by atoms with Crippen molar-refractivity contribution < 1.29 is 19.0 Å². The van der Waals surface area contributed by atoms with Gasteiger partial charge in [0.05, 0.1) is 21.3 Å². The van der Waals surface area contributed by atoms with Gasteiger partial charge in [-0.25, -0.2) is 4.98 Å². The van der Waals surface area contributed by atoms with E-state index in [1.54, 1.807) is 24.7 Å². The number of carbonyl (C=O) groups excluding carboxylic acids is 1. The molecule has 1 aromatic heterocycles. The van der Waals surface area contributed by atoms with E-state index in [2.05, 4.69) is 28.6 Å². The van der Waals surface area contributed by atoms with Crippen molar-refractivity contribution in [2.24, 2.45) is 0 Å². The average Bonchev–Trinajstić information content (AvgIpc) is 3.38. The van der Waals surface area contributed by atoms with Crippen LogP contribution in [0.15, 0.2) is 59.2 Å². The minimum atomic E-state index is -0.703. The van der Waals surface area contributed by atoms with Gasteiger partial charge in [0.25, 0.3) is 0 Å². The molecule has 0 aliphatic carbocycles. The molecule has 1 atom stereocenters. The lowest BCUT2D eigenvalue weighted by Crippen LogP contribution is -2.04. The van der Waals surface area contributed by atoms with Gasteiger partial charge in [-0.15, -0.1) is 11.1 Å². The van der Waals surface area contributed by atoms with Crippen LogP contribution in [0, 0.1) is 0 Å². The van der Waals surface area contributed by atoms with Crippen molar-refractivity contribution in [2.45, 2.75) is 4.90 Å². The van der Waals surface area contributed by atoms with E-state index >= 15 is 0 Å². The van der Waals surface area contributed by atoms with Crippen molar-refractivity contribution in [3.63, 3.8) is 0 Å².